The normalized spacial score (nSPS) is 10.8. The van der Waals surface area contributed by atoms with E-state index in [0.717, 1.165) is 23.3 Å². The average Bonchev–Trinajstić information content (AvgIpc) is 2.56. The molecule has 1 N–H and O–H groups in total. The van der Waals surface area contributed by atoms with Crippen molar-refractivity contribution in [3.63, 3.8) is 0 Å². The minimum absolute atomic E-state index is 0.0291. The molecule has 4 heteroatoms. The van der Waals surface area contributed by atoms with Gasteiger partial charge in [0.25, 0.3) is 0 Å². The van der Waals surface area contributed by atoms with Gasteiger partial charge in [-0.1, -0.05) is 53.7 Å². The van der Waals surface area contributed by atoms with Crippen molar-refractivity contribution in [3.05, 3.63) is 77.9 Å². The highest BCUT2D eigenvalue weighted by molar-refractivity contribution is 6.12. The van der Waals surface area contributed by atoms with Crippen LogP contribution in [0.4, 0.5) is 0 Å². The number of benzene rings is 2. The van der Waals surface area contributed by atoms with Gasteiger partial charge in [-0.05, 0) is 23.6 Å². The van der Waals surface area contributed by atoms with Gasteiger partial charge in [-0.3, -0.25) is 0 Å². The van der Waals surface area contributed by atoms with E-state index < -0.39 is 0 Å². The Hall–Kier alpha value is -3.06. The van der Waals surface area contributed by atoms with Crippen molar-refractivity contribution in [1.29, 1.82) is 5.26 Å². The van der Waals surface area contributed by atoms with Gasteiger partial charge in [-0.15, -0.1) is 6.58 Å². The van der Waals surface area contributed by atoms with Crippen LogP contribution in [0.3, 0.4) is 0 Å². The fraction of sp³-hybridized carbons (Fsp3) is 0.111. The molecule has 0 fully saturated rings. The molecule has 0 atom stereocenters. The molecule has 0 bridgehead atoms. The monoisotopic (exact) mass is 292 g/mol. The Morgan fingerprint density at radius 1 is 1.18 bits per heavy atom. The van der Waals surface area contributed by atoms with Crippen LogP contribution in [0.25, 0.3) is 0 Å². The van der Waals surface area contributed by atoms with Crippen LogP contribution in [0, 0.1) is 11.3 Å². The summed E-state index contributed by atoms with van der Waals surface area (Å²) in [7, 11) is 0. The Morgan fingerprint density at radius 2 is 1.86 bits per heavy atom. The third-order valence-electron chi connectivity index (χ3n) is 3.20. The van der Waals surface area contributed by atoms with Gasteiger partial charge in [0.05, 0.1) is 0 Å². The second-order valence-corrected chi connectivity index (χ2v) is 4.61. The first-order chi connectivity index (χ1) is 10.8. The topological polar surface area (TPSA) is 65.6 Å². The summed E-state index contributed by atoms with van der Waals surface area (Å²) in [6.45, 7) is 4.02. The van der Waals surface area contributed by atoms with Crippen molar-refractivity contribution in [2.24, 2.45) is 5.16 Å². The van der Waals surface area contributed by atoms with Crippen LogP contribution < -0.4 is 4.74 Å². The van der Waals surface area contributed by atoms with Gasteiger partial charge >= 0.3 is 0 Å². The molecule has 0 saturated carbocycles. The molecule has 0 saturated heterocycles. The molecule has 0 amide bonds. The first-order valence-electron chi connectivity index (χ1n) is 6.82. The van der Waals surface area contributed by atoms with Gasteiger partial charge in [0.1, 0.15) is 18.4 Å². The van der Waals surface area contributed by atoms with Crippen LogP contribution in [0.5, 0.6) is 5.75 Å². The first-order valence-corrected chi connectivity index (χ1v) is 6.82. The van der Waals surface area contributed by atoms with Crippen molar-refractivity contribution in [1.82, 2.24) is 0 Å². The van der Waals surface area contributed by atoms with E-state index >= 15 is 0 Å². The highest BCUT2D eigenvalue weighted by Crippen LogP contribution is 2.21. The molecule has 0 aliphatic carbocycles. The van der Waals surface area contributed by atoms with Crippen molar-refractivity contribution < 1.29 is 9.94 Å². The Kier molecular flexibility index (Phi) is 5.33. The molecule has 0 unspecified atom stereocenters. The minimum Gasteiger partial charge on any atom is -0.489 e. The summed E-state index contributed by atoms with van der Waals surface area (Å²) in [5.41, 5.74) is 2.36. The molecule has 0 aromatic heterocycles. The largest absolute Gasteiger partial charge is 0.489 e. The fourth-order valence-corrected chi connectivity index (χ4v) is 2.14. The molecule has 110 valence electrons. The maximum absolute atomic E-state index is 9.01. The van der Waals surface area contributed by atoms with Crippen LogP contribution >= 0.6 is 0 Å². The van der Waals surface area contributed by atoms with Gasteiger partial charge in [0.2, 0.25) is 0 Å². The number of hydrogen-bond donors (Lipinski definition) is 1. The number of nitrogens with zero attached hydrogens (tertiary/aromatic N) is 2. The number of oxime groups is 1. The smallest absolute Gasteiger partial charge is 0.187 e. The minimum atomic E-state index is -0.0291. The molecule has 4 nitrogen and oxygen atoms in total. The Labute approximate surface area is 129 Å². The lowest BCUT2D eigenvalue weighted by atomic mass is 10.0. The van der Waals surface area contributed by atoms with Crippen LogP contribution in [-0.4, -0.2) is 10.9 Å². The molecule has 2 rings (SSSR count). The summed E-state index contributed by atoms with van der Waals surface area (Å²) < 4.78 is 5.86. The molecule has 0 aliphatic rings. The van der Waals surface area contributed by atoms with E-state index in [1.54, 1.807) is 12.1 Å². The lowest BCUT2D eigenvalue weighted by Crippen LogP contribution is -2.06. The van der Waals surface area contributed by atoms with Crippen LogP contribution in [-0.2, 0) is 13.0 Å². The van der Waals surface area contributed by atoms with Gasteiger partial charge in [-0.2, -0.15) is 5.26 Å². The molecule has 2 aromatic carbocycles. The molecule has 0 spiro atoms. The molecule has 2 aromatic rings. The van der Waals surface area contributed by atoms with E-state index in [0.29, 0.717) is 5.56 Å². The summed E-state index contributed by atoms with van der Waals surface area (Å²) in [5, 5.41) is 21.0. The number of ether oxygens (including phenoxy) is 1. The van der Waals surface area contributed by atoms with Crippen molar-refractivity contribution in [2.45, 2.75) is 13.0 Å². The first kappa shape index (κ1) is 15.3. The summed E-state index contributed by atoms with van der Waals surface area (Å²) in [6.07, 6.45) is 2.54. The quantitative estimate of drug-likeness (QED) is 0.382. The predicted octanol–water partition coefficient (Wildman–Crippen LogP) is 3.70. The Morgan fingerprint density at radius 3 is 2.55 bits per heavy atom. The molecule has 0 heterocycles. The maximum atomic E-state index is 9.01. The summed E-state index contributed by atoms with van der Waals surface area (Å²) in [5.74, 6) is 0.775. The highest BCUT2D eigenvalue weighted by Gasteiger charge is 2.10. The highest BCUT2D eigenvalue weighted by atomic mass is 16.5. The van der Waals surface area contributed by atoms with Crippen LogP contribution in [0.2, 0.25) is 0 Å². The van der Waals surface area contributed by atoms with Gasteiger partial charge in [-0.25, -0.2) is 0 Å². The number of nitriles is 1. The van der Waals surface area contributed by atoms with E-state index in [-0.39, 0.29) is 12.3 Å². The lowest BCUT2D eigenvalue weighted by Gasteiger charge is -2.12. The third-order valence-corrected chi connectivity index (χ3v) is 3.20. The maximum Gasteiger partial charge on any atom is 0.187 e. The number of rotatable bonds is 6. The van der Waals surface area contributed by atoms with Crippen molar-refractivity contribution in [3.8, 4) is 11.8 Å². The summed E-state index contributed by atoms with van der Waals surface area (Å²) in [6, 6.07) is 16.8. The average molecular weight is 292 g/mol. The molecule has 22 heavy (non-hydrogen) atoms. The van der Waals surface area contributed by atoms with E-state index in [4.69, 9.17) is 15.2 Å². The van der Waals surface area contributed by atoms with Gasteiger partial charge in [0, 0.05) is 5.56 Å². The second-order valence-electron chi connectivity index (χ2n) is 4.61. The van der Waals surface area contributed by atoms with E-state index in [9.17, 15) is 0 Å². The lowest BCUT2D eigenvalue weighted by molar-refractivity contribution is 0.302. The zero-order valence-electron chi connectivity index (χ0n) is 12.1. The SMILES string of the molecule is C=CCc1ccccc1OCc1ccccc1C(C#N)=NO. The summed E-state index contributed by atoms with van der Waals surface area (Å²) >= 11 is 0. The molecule has 0 radical (unpaired) electrons. The summed E-state index contributed by atoms with van der Waals surface area (Å²) in [4.78, 5) is 0. The molecule has 0 aliphatic heterocycles. The second kappa shape index (κ2) is 7.65. The Bertz CT molecular complexity index is 730. The van der Waals surface area contributed by atoms with Crippen LogP contribution in [0.1, 0.15) is 16.7 Å². The number of allylic oxidation sites excluding steroid dienone is 1. The zero-order chi connectivity index (χ0) is 15.8. The standard InChI is InChI=1S/C18H16N2O2/c1-2-7-14-8-4-6-11-18(14)22-13-15-9-3-5-10-16(15)17(12-19)20-21/h2-6,8-11,21H,1,7,13H2. The number of hydrogen-bond acceptors (Lipinski definition) is 4. The van der Waals surface area contributed by atoms with E-state index in [1.807, 2.05) is 48.5 Å². The Balaban J connectivity index is 2.23. The van der Waals surface area contributed by atoms with E-state index in [2.05, 4.69) is 11.7 Å². The van der Waals surface area contributed by atoms with Gasteiger partial charge < -0.3 is 9.94 Å². The van der Waals surface area contributed by atoms with E-state index in [1.165, 1.54) is 0 Å². The fourth-order valence-electron chi connectivity index (χ4n) is 2.14. The third kappa shape index (κ3) is 3.53. The zero-order valence-corrected chi connectivity index (χ0v) is 12.1. The van der Waals surface area contributed by atoms with Crippen LogP contribution in [0.15, 0.2) is 66.3 Å². The van der Waals surface area contributed by atoms with Crippen molar-refractivity contribution in [2.75, 3.05) is 0 Å². The predicted molar refractivity (Wildman–Crippen MR) is 85.1 cm³/mol. The van der Waals surface area contributed by atoms with Crippen molar-refractivity contribution >= 4 is 5.71 Å². The molecular weight excluding hydrogens is 276 g/mol. The van der Waals surface area contributed by atoms with Gasteiger partial charge in [0.15, 0.2) is 5.71 Å². The number of para-hydroxylation sites is 1. The molecular formula is C18H16N2O2.